The molecule has 3 rings (SSSR count). The Hall–Kier alpha value is -4.31. The van der Waals surface area contributed by atoms with Crippen LogP contribution in [0, 0.1) is 23.7 Å². The Bertz CT molecular complexity index is 1310. The fourth-order valence-corrected chi connectivity index (χ4v) is 3.43. The van der Waals surface area contributed by atoms with Crippen molar-refractivity contribution in [3.05, 3.63) is 83.8 Å². The number of aryl methyl sites for hydroxylation is 1. The van der Waals surface area contributed by atoms with Crippen molar-refractivity contribution in [3.63, 3.8) is 0 Å². The Kier molecular flexibility index (Phi) is 7.22. The Morgan fingerprint density at radius 2 is 1.91 bits per heavy atom. The van der Waals surface area contributed by atoms with Crippen molar-refractivity contribution in [1.82, 2.24) is 20.3 Å². The summed E-state index contributed by atoms with van der Waals surface area (Å²) in [5.41, 5.74) is 7.20. The van der Waals surface area contributed by atoms with E-state index in [0.717, 1.165) is 39.5 Å². The number of pyridine rings is 3. The van der Waals surface area contributed by atoms with E-state index in [-0.39, 0.29) is 5.41 Å². The van der Waals surface area contributed by atoms with Crippen molar-refractivity contribution in [3.8, 4) is 17.2 Å². The molecular formula is C27H29N7. The molecule has 0 fully saturated rings. The van der Waals surface area contributed by atoms with Crippen molar-refractivity contribution in [1.29, 1.82) is 10.7 Å². The molecule has 7 heteroatoms. The van der Waals surface area contributed by atoms with E-state index in [9.17, 15) is 5.26 Å². The van der Waals surface area contributed by atoms with Crippen molar-refractivity contribution < 1.29 is 0 Å². The molecule has 0 saturated heterocycles. The minimum Gasteiger partial charge on any atom is -0.393 e. The summed E-state index contributed by atoms with van der Waals surface area (Å²) in [6, 6.07) is 9.90. The van der Waals surface area contributed by atoms with Crippen molar-refractivity contribution in [2.45, 2.75) is 33.1 Å². The highest BCUT2D eigenvalue weighted by molar-refractivity contribution is 6.08. The van der Waals surface area contributed by atoms with Crippen LogP contribution in [0.4, 0.5) is 5.69 Å². The van der Waals surface area contributed by atoms with Gasteiger partial charge in [0.15, 0.2) is 0 Å². The number of aromatic nitrogens is 3. The van der Waals surface area contributed by atoms with Gasteiger partial charge in [-0.25, -0.2) is 0 Å². The Labute approximate surface area is 200 Å². The van der Waals surface area contributed by atoms with Gasteiger partial charge in [-0.1, -0.05) is 27.4 Å². The second-order valence-electron chi connectivity index (χ2n) is 8.90. The van der Waals surface area contributed by atoms with E-state index in [1.165, 1.54) is 6.21 Å². The van der Waals surface area contributed by atoms with Gasteiger partial charge >= 0.3 is 0 Å². The summed E-state index contributed by atoms with van der Waals surface area (Å²) < 4.78 is 0. The normalized spacial score (nSPS) is 11.5. The molecule has 3 aromatic heterocycles. The average Bonchev–Trinajstić information content (AvgIpc) is 2.83. The van der Waals surface area contributed by atoms with Gasteiger partial charge in [-0.15, -0.1) is 0 Å². The highest BCUT2D eigenvalue weighted by Gasteiger charge is 2.16. The zero-order valence-electron chi connectivity index (χ0n) is 20.2. The maximum Gasteiger partial charge on any atom is 0.101 e. The second-order valence-corrected chi connectivity index (χ2v) is 8.90. The molecule has 0 saturated carbocycles. The maximum absolute atomic E-state index is 9.69. The standard InChI is InChI=1S/C27H29N7/c1-17(19-7-8-31-25(10-19)27(3,4)5)34-23-11-24(18(2)32-16-23)21-9-20(12-28)26(33-15-21)22(13-29)14-30-6/h7-11,13-16,29-30,34H,1H2,2-6H3/b22-14+,29-13?. The molecule has 3 aromatic rings. The van der Waals surface area contributed by atoms with Gasteiger partial charge in [0, 0.05) is 76.6 Å². The summed E-state index contributed by atoms with van der Waals surface area (Å²) in [5.74, 6) is 0. The number of hydrogen-bond donors (Lipinski definition) is 3. The Balaban J connectivity index is 1.94. The Morgan fingerprint density at radius 1 is 1.15 bits per heavy atom. The molecule has 0 bridgehead atoms. The van der Waals surface area contributed by atoms with Gasteiger partial charge in [-0.05, 0) is 31.2 Å². The third kappa shape index (κ3) is 5.36. The molecule has 7 nitrogen and oxygen atoms in total. The van der Waals surface area contributed by atoms with Crippen molar-refractivity contribution in [2.24, 2.45) is 0 Å². The predicted molar refractivity (Wildman–Crippen MR) is 138 cm³/mol. The lowest BCUT2D eigenvalue weighted by molar-refractivity contribution is 0.568. The smallest absolute Gasteiger partial charge is 0.101 e. The zero-order chi connectivity index (χ0) is 24.9. The van der Waals surface area contributed by atoms with E-state index in [4.69, 9.17) is 5.41 Å². The topological polar surface area (TPSA) is 110 Å². The quantitative estimate of drug-likeness (QED) is 0.420. The largest absolute Gasteiger partial charge is 0.393 e. The fraction of sp³-hybridized carbons (Fsp3) is 0.222. The molecule has 3 heterocycles. The number of nitrogens with one attached hydrogen (secondary N) is 3. The molecule has 0 spiro atoms. The van der Waals surface area contributed by atoms with Crippen LogP contribution in [0.5, 0.6) is 0 Å². The first-order valence-electron chi connectivity index (χ1n) is 10.9. The van der Waals surface area contributed by atoms with Crippen LogP contribution in [0.3, 0.4) is 0 Å². The van der Waals surface area contributed by atoms with E-state index in [2.05, 4.69) is 59.0 Å². The number of allylic oxidation sites excluding steroid dienone is 1. The van der Waals surface area contributed by atoms with Gasteiger partial charge in [0.25, 0.3) is 0 Å². The molecule has 34 heavy (non-hydrogen) atoms. The third-order valence-corrected chi connectivity index (χ3v) is 5.31. The van der Waals surface area contributed by atoms with Gasteiger partial charge in [0.05, 0.1) is 23.1 Å². The molecule has 0 unspecified atom stereocenters. The second kappa shape index (κ2) is 10.1. The van der Waals surface area contributed by atoms with Crippen LogP contribution in [0.1, 0.15) is 49.0 Å². The summed E-state index contributed by atoms with van der Waals surface area (Å²) in [5, 5.41) is 23.5. The molecule has 0 aliphatic rings. The molecule has 0 aromatic carbocycles. The van der Waals surface area contributed by atoms with Crippen LogP contribution in [-0.4, -0.2) is 28.2 Å². The lowest BCUT2D eigenvalue weighted by Gasteiger charge is -2.19. The monoisotopic (exact) mass is 451 g/mol. The van der Waals surface area contributed by atoms with E-state index < -0.39 is 0 Å². The number of hydrogen-bond acceptors (Lipinski definition) is 7. The van der Waals surface area contributed by atoms with Gasteiger partial charge in [0.1, 0.15) is 6.07 Å². The van der Waals surface area contributed by atoms with Crippen molar-refractivity contribution in [2.75, 3.05) is 12.4 Å². The molecule has 172 valence electrons. The first kappa shape index (κ1) is 24.3. The number of rotatable bonds is 7. The van der Waals surface area contributed by atoms with Crippen LogP contribution in [0.2, 0.25) is 0 Å². The highest BCUT2D eigenvalue weighted by atomic mass is 14.9. The number of nitriles is 1. The van der Waals surface area contributed by atoms with Gasteiger partial charge in [-0.3, -0.25) is 15.0 Å². The molecule has 0 aliphatic carbocycles. The SMILES string of the molecule is C=C(Nc1cnc(C)c(-c2cnc(/C(C=N)=C/NC)c(C#N)c2)c1)c1ccnc(C(C)(C)C)c1. The van der Waals surface area contributed by atoms with E-state index >= 15 is 0 Å². The summed E-state index contributed by atoms with van der Waals surface area (Å²) in [4.78, 5) is 13.5. The maximum atomic E-state index is 9.69. The molecule has 0 aliphatic heterocycles. The molecular weight excluding hydrogens is 422 g/mol. The third-order valence-electron chi connectivity index (χ3n) is 5.31. The molecule has 0 amide bonds. The minimum atomic E-state index is -0.0630. The van der Waals surface area contributed by atoms with Gasteiger partial charge < -0.3 is 16.0 Å². The first-order chi connectivity index (χ1) is 16.2. The van der Waals surface area contributed by atoms with Crippen LogP contribution in [0.15, 0.2) is 55.6 Å². The Morgan fingerprint density at radius 3 is 2.56 bits per heavy atom. The predicted octanol–water partition coefficient (Wildman–Crippen LogP) is 5.31. The highest BCUT2D eigenvalue weighted by Crippen LogP contribution is 2.29. The zero-order valence-corrected chi connectivity index (χ0v) is 20.2. The molecule has 3 N–H and O–H groups in total. The van der Waals surface area contributed by atoms with Crippen LogP contribution >= 0.6 is 0 Å². The lowest BCUT2D eigenvalue weighted by atomic mass is 9.90. The van der Waals surface area contributed by atoms with E-state index in [1.807, 2.05) is 25.1 Å². The molecule has 0 radical (unpaired) electrons. The number of anilines is 1. The molecule has 0 atom stereocenters. The average molecular weight is 452 g/mol. The van der Waals surface area contributed by atoms with E-state index in [1.54, 1.807) is 37.9 Å². The summed E-state index contributed by atoms with van der Waals surface area (Å²) in [6.45, 7) is 12.5. The summed E-state index contributed by atoms with van der Waals surface area (Å²) in [7, 11) is 1.74. The first-order valence-corrected chi connectivity index (χ1v) is 10.9. The lowest BCUT2D eigenvalue weighted by Crippen LogP contribution is -2.14. The summed E-state index contributed by atoms with van der Waals surface area (Å²) >= 11 is 0. The van der Waals surface area contributed by atoms with Crippen LogP contribution < -0.4 is 10.6 Å². The summed E-state index contributed by atoms with van der Waals surface area (Å²) in [6.07, 6.45) is 8.06. The van der Waals surface area contributed by atoms with Crippen LogP contribution in [-0.2, 0) is 5.41 Å². The van der Waals surface area contributed by atoms with Crippen LogP contribution in [0.25, 0.3) is 22.4 Å². The van der Waals surface area contributed by atoms with Gasteiger partial charge in [-0.2, -0.15) is 5.26 Å². The number of nitrogens with zero attached hydrogens (tertiary/aromatic N) is 4. The van der Waals surface area contributed by atoms with E-state index in [0.29, 0.717) is 16.8 Å². The van der Waals surface area contributed by atoms with Crippen molar-refractivity contribution >= 4 is 23.2 Å². The van der Waals surface area contributed by atoms with Gasteiger partial charge in [0.2, 0.25) is 0 Å². The minimum absolute atomic E-state index is 0.0630. The fourth-order valence-electron chi connectivity index (χ4n) is 3.43.